The number of aryl methyl sites for hydroxylation is 2. The van der Waals surface area contributed by atoms with Crippen molar-refractivity contribution in [1.29, 1.82) is 0 Å². The van der Waals surface area contributed by atoms with Crippen LogP contribution >= 0.6 is 0 Å². The number of hydrogen-bond donors (Lipinski definition) is 2. The molecule has 1 amide bonds. The summed E-state index contributed by atoms with van der Waals surface area (Å²) in [6, 6.07) is 0. The molecule has 6 heteroatoms. The van der Waals surface area contributed by atoms with Gasteiger partial charge in [-0.05, 0) is 40.5 Å². The minimum Gasteiger partial charge on any atom is -0.444 e. The van der Waals surface area contributed by atoms with E-state index in [4.69, 9.17) is 4.74 Å². The van der Waals surface area contributed by atoms with Crippen molar-refractivity contribution < 1.29 is 9.53 Å². The standard InChI is InChI=1S/C11H20N4O2/c1-8-9(14-15-13-8)6-5-7-12-10(16)17-11(2,3)4/h5-7H2,1-4H3,(H,12,16)(H,13,14,15). The Balaban J connectivity index is 2.17. The van der Waals surface area contributed by atoms with E-state index in [-0.39, 0.29) is 6.09 Å². The third kappa shape index (κ3) is 5.33. The molecule has 0 aliphatic carbocycles. The molecule has 0 fully saturated rings. The summed E-state index contributed by atoms with van der Waals surface area (Å²) < 4.78 is 5.11. The molecular formula is C11H20N4O2. The van der Waals surface area contributed by atoms with Crippen molar-refractivity contribution in [3.8, 4) is 0 Å². The van der Waals surface area contributed by atoms with E-state index < -0.39 is 5.60 Å². The lowest BCUT2D eigenvalue weighted by atomic mass is 10.2. The van der Waals surface area contributed by atoms with E-state index >= 15 is 0 Å². The number of aromatic amines is 1. The molecule has 0 atom stereocenters. The van der Waals surface area contributed by atoms with Crippen molar-refractivity contribution in [2.45, 2.75) is 46.1 Å². The number of ether oxygens (including phenoxy) is 1. The number of rotatable bonds is 4. The predicted octanol–water partition coefficient (Wildman–Crippen LogP) is 1.57. The molecule has 0 aromatic carbocycles. The number of hydrogen-bond acceptors (Lipinski definition) is 4. The van der Waals surface area contributed by atoms with Gasteiger partial charge >= 0.3 is 6.09 Å². The molecule has 0 saturated carbocycles. The van der Waals surface area contributed by atoms with Crippen molar-refractivity contribution >= 4 is 6.09 Å². The third-order valence-electron chi connectivity index (χ3n) is 2.08. The summed E-state index contributed by atoms with van der Waals surface area (Å²) >= 11 is 0. The zero-order valence-electron chi connectivity index (χ0n) is 10.8. The number of alkyl carbamates (subject to hydrolysis) is 1. The highest BCUT2D eigenvalue weighted by Crippen LogP contribution is 2.06. The van der Waals surface area contributed by atoms with Gasteiger partial charge in [-0.1, -0.05) is 0 Å². The third-order valence-corrected chi connectivity index (χ3v) is 2.08. The molecule has 1 aromatic heterocycles. The molecule has 17 heavy (non-hydrogen) atoms. The van der Waals surface area contributed by atoms with Gasteiger partial charge in [-0.25, -0.2) is 4.79 Å². The normalized spacial score (nSPS) is 11.3. The Morgan fingerprint density at radius 2 is 2.12 bits per heavy atom. The van der Waals surface area contributed by atoms with Gasteiger partial charge in [0.2, 0.25) is 0 Å². The summed E-state index contributed by atoms with van der Waals surface area (Å²) in [5.74, 6) is 0. The summed E-state index contributed by atoms with van der Waals surface area (Å²) in [5, 5.41) is 13.2. The van der Waals surface area contributed by atoms with Gasteiger partial charge in [0.15, 0.2) is 0 Å². The Morgan fingerprint density at radius 1 is 1.41 bits per heavy atom. The molecule has 0 bridgehead atoms. The molecule has 96 valence electrons. The van der Waals surface area contributed by atoms with Gasteiger partial charge in [-0.2, -0.15) is 15.4 Å². The maximum Gasteiger partial charge on any atom is 0.407 e. The summed E-state index contributed by atoms with van der Waals surface area (Å²) in [7, 11) is 0. The van der Waals surface area contributed by atoms with Gasteiger partial charge in [0, 0.05) is 6.54 Å². The van der Waals surface area contributed by atoms with Crippen LogP contribution in [0.1, 0.15) is 38.6 Å². The van der Waals surface area contributed by atoms with Crippen LogP contribution in [-0.4, -0.2) is 33.6 Å². The molecule has 0 radical (unpaired) electrons. The fourth-order valence-corrected chi connectivity index (χ4v) is 1.30. The fraction of sp³-hybridized carbons (Fsp3) is 0.727. The molecule has 0 unspecified atom stereocenters. The summed E-state index contributed by atoms with van der Waals surface area (Å²) in [6.07, 6.45) is 1.22. The number of nitrogens with zero attached hydrogens (tertiary/aromatic N) is 2. The Hall–Kier alpha value is -1.59. The van der Waals surface area contributed by atoms with E-state index in [9.17, 15) is 4.79 Å². The van der Waals surface area contributed by atoms with E-state index in [0.717, 1.165) is 24.2 Å². The quantitative estimate of drug-likeness (QED) is 0.783. The highest BCUT2D eigenvalue weighted by atomic mass is 16.6. The molecule has 2 N–H and O–H groups in total. The molecule has 0 spiro atoms. The molecule has 6 nitrogen and oxygen atoms in total. The average molecular weight is 240 g/mol. The van der Waals surface area contributed by atoms with Gasteiger partial charge in [0.25, 0.3) is 0 Å². The lowest BCUT2D eigenvalue weighted by Gasteiger charge is -2.19. The van der Waals surface area contributed by atoms with Gasteiger partial charge in [-0.15, -0.1) is 0 Å². The Labute approximate surface area is 101 Å². The second kappa shape index (κ2) is 5.65. The second-order valence-electron chi connectivity index (χ2n) is 4.89. The Kier molecular flexibility index (Phi) is 4.48. The van der Waals surface area contributed by atoms with Crippen molar-refractivity contribution in [2.24, 2.45) is 0 Å². The van der Waals surface area contributed by atoms with Crippen LogP contribution in [0.15, 0.2) is 0 Å². The van der Waals surface area contributed by atoms with Gasteiger partial charge in [-0.3, -0.25) is 0 Å². The first-order valence-corrected chi connectivity index (χ1v) is 5.71. The van der Waals surface area contributed by atoms with Crippen LogP contribution < -0.4 is 5.32 Å². The lowest BCUT2D eigenvalue weighted by molar-refractivity contribution is 0.0527. The van der Waals surface area contributed by atoms with Crippen molar-refractivity contribution in [3.63, 3.8) is 0 Å². The van der Waals surface area contributed by atoms with Crippen LogP contribution in [0, 0.1) is 6.92 Å². The molecule has 1 rings (SSSR count). The molecule has 1 heterocycles. The minimum absolute atomic E-state index is 0.380. The van der Waals surface area contributed by atoms with Gasteiger partial charge < -0.3 is 10.1 Å². The molecule has 0 aliphatic heterocycles. The number of nitrogens with one attached hydrogen (secondary N) is 2. The van der Waals surface area contributed by atoms with Crippen molar-refractivity contribution in [2.75, 3.05) is 6.54 Å². The van der Waals surface area contributed by atoms with Gasteiger partial charge in [0.1, 0.15) is 5.60 Å². The summed E-state index contributed by atoms with van der Waals surface area (Å²) in [6.45, 7) is 7.99. The average Bonchev–Trinajstić information content (AvgIpc) is 2.56. The van der Waals surface area contributed by atoms with Crippen LogP contribution in [0.2, 0.25) is 0 Å². The smallest absolute Gasteiger partial charge is 0.407 e. The summed E-state index contributed by atoms with van der Waals surface area (Å²) in [5.41, 5.74) is 1.39. The van der Waals surface area contributed by atoms with Crippen LogP contribution in [-0.2, 0) is 11.2 Å². The van der Waals surface area contributed by atoms with Crippen molar-refractivity contribution in [3.05, 3.63) is 11.4 Å². The number of carbonyl (C=O) groups is 1. The Bertz CT molecular complexity index is 368. The maximum atomic E-state index is 11.3. The zero-order valence-corrected chi connectivity index (χ0v) is 10.8. The Morgan fingerprint density at radius 3 is 2.65 bits per heavy atom. The largest absolute Gasteiger partial charge is 0.444 e. The number of carbonyl (C=O) groups excluding carboxylic acids is 1. The van der Waals surface area contributed by atoms with E-state index in [1.54, 1.807) is 0 Å². The lowest BCUT2D eigenvalue weighted by Crippen LogP contribution is -2.33. The number of amides is 1. The number of H-pyrrole nitrogens is 1. The first-order chi connectivity index (χ1) is 7.88. The number of aromatic nitrogens is 3. The fourth-order valence-electron chi connectivity index (χ4n) is 1.30. The van der Waals surface area contributed by atoms with E-state index in [0.29, 0.717) is 6.54 Å². The molecule has 1 aromatic rings. The van der Waals surface area contributed by atoms with Crippen LogP contribution in [0.25, 0.3) is 0 Å². The summed E-state index contributed by atoms with van der Waals surface area (Å²) in [4.78, 5) is 11.3. The molecule has 0 saturated heterocycles. The van der Waals surface area contributed by atoms with E-state index in [1.807, 2.05) is 27.7 Å². The van der Waals surface area contributed by atoms with E-state index in [2.05, 4.69) is 20.7 Å². The van der Waals surface area contributed by atoms with Crippen LogP contribution in [0.3, 0.4) is 0 Å². The molecule has 0 aliphatic rings. The predicted molar refractivity (Wildman–Crippen MR) is 63.7 cm³/mol. The first kappa shape index (κ1) is 13.5. The SMILES string of the molecule is Cc1n[nH]nc1CCCNC(=O)OC(C)(C)C. The van der Waals surface area contributed by atoms with E-state index in [1.165, 1.54) is 0 Å². The highest BCUT2D eigenvalue weighted by Gasteiger charge is 2.15. The highest BCUT2D eigenvalue weighted by molar-refractivity contribution is 5.67. The topological polar surface area (TPSA) is 79.9 Å². The maximum absolute atomic E-state index is 11.3. The van der Waals surface area contributed by atoms with Gasteiger partial charge in [0.05, 0.1) is 11.4 Å². The zero-order chi connectivity index (χ0) is 12.9. The molecular weight excluding hydrogens is 220 g/mol. The minimum atomic E-state index is -0.452. The monoisotopic (exact) mass is 240 g/mol. The first-order valence-electron chi connectivity index (χ1n) is 5.71. The van der Waals surface area contributed by atoms with Crippen molar-refractivity contribution in [1.82, 2.24) is 20.7 Å². The second-order valence-corrected chi connectivity index (χ2v) is 4.89. The van der Waals surface area contributed by atoms with Crippen LogP contribution in [0.4, 0.5) is 4.79 Å². The van der Waals surface area contributed by atoms with Crippen LogP contribution in [0.5, 0.6) is 0 Å².